The Morgan fingerprint density at radius 3 is 1.94 bits per heavy atom. The van der Waals surface area contributed by atoms with E-state index in [-0.39, 0.29) is 23.4 Å². The van der Waals surface area contributed by atoms with Crippen molar-refractivity contribution in [3.8, 4) is 5.75 Å². The van der Waals surface area contributed by atoms with E-state index in [9.17, 15) is 35.9 Å². The first-order valence-electron chi connectivity index (χ1n) is 8.58. The average Bonchev–Trinajstić information content (AvgIpc) is 2.64. The molecule has 168 valence electrons. The molecule has 3 N–H and O–H groups in total. The molecule has 0 bridgehead atoms. The van der Waals surface area contributed by atoms with Gasteiger partial charge in [0.2, 0.25) is 11.8 Å². The van der Waals surface area contributed by atoms with Gasteiger partial charge in [-0.25, -0.2) is 0 Å². The van der Waals surface area contributed by atoms with Gasteiger partial charge in [0.15, 0.2) is 0 Å². The Hall–Kier alpha value is -3.44. The number of halogens is 6. The highest BCUT2D eigenvalue weighted by Gasteiger charge is 2.36. The molecule has 2 rings (SSSR count). The van der Waals surface area contributed by atoms with Gasteiger partial charge in [-0.1, -0.05) is 0 Å². The molecule has 0 aromatic heterocycles. The van der Waals surface area contributed by atoms with E-state index in [1.807, 2.05) is 0 Å². The van der Waals surface area contributed by atoms with Crippen molar-refractivity contribution in [3.63, 3.8) is 0 Å². The number of alkyl halides is 6. The Balaban J connectivity index is 2.18. The van der Waals surface area contributed by atoms with Crippen LogP contribution in [0.1, 0.15) is 18.1 Å². The number of rotatable bonds is 6. The molecule has 0 heterocycles. The van der Waals surface area contributed by atoms with Gasteiger partial charge < -0.3 is 20.7 Å². The fourth-order valence-electron chi connectivity index (χ4n) is 2.52. The first-order chi connectivity index (χ1) is 14.3. The molecule has 0 unspecified atom stereocenters. The van der Waals surface area contributed by atoms with E-state index < -0.39 is 41.6 Å². The summed E-state index contributed by atoms with van der Waals surface area (Å²) in [5, 5.41) is 7.16. The number of ether oxygens (including phenoxy) is 1. The normalized spacial score (nSPS) is 11.6. The summed E-state index contributed by atoms with van der Waals surface area (Å²) in [5.74, 6) is -0.917. The molecule has 0 fully saturated rings. The highest BCUT2D eigenvalue weighted by atomic mass is 19.4. The van der Waals surface area contributed by atoms with Crippen LogP contribution in [0.5, 0.6) is 5.75 Å². The summed E-state index contributed by atoms with van der Waals surface area (Å²) in [6.07, 6.45) is -10.0. The molecule has 0 aliphatic carbocycles. The van der Waals surface area contributed by atoms with Gasteiger partial charge >= 0.3 is 12.4 Å². The standard InChI is InChI=1S/C19H17F6N3O3/c1-10(29)27-13-3-4-16(31-2)15(8-13)28-17(30)9-26-14-6-11(18(20,21)22)5-12(7-14)19(23,24)25/h3-8,26H,9H2,1-2H3,(H,27,29)(H,28,30). The zero-order valence-corrected chi connectivity index (χ0v) is 16.2. The minimum absolute atomic E-state index is 0.0103. The molecule has 0 radical (unpaired) electrons. The number of methoxy groups -OCH3 is 1. The van der Waals surface area contributed by atoms with Crippen molar-refractivity contribution in [2.24, 2.45) is 0 Å². The minimum Gasteiger partial charge on any atom is -0.495 e. The SMILES string of the molecule is COc1ccc(NC(C)=O)cc1NC(=O)CNc1cc(C(F)(F)F)cc(C(F)(F)F)c1. The summed E-state index contributed by atoms with van der Waals surface area (Å²) in [4.78, 5) is 23.3. The topological polar surface area (TPSA) is 79.5 Å². The third kappa shape index (κ3) is 6.79. The van der Waals surface area contributed by atoms with Crippen molar-refractivity contribution in [2.75, 3.05) is 29.6 Å². The summed E-state index contributed by atoms with van der Waals surface area (Å²) in [7, 11) is 1.32. The second-order valence-electron chi connectivity index (χ2n) is 6.29. The van der Waals surface area contributed by atoms with E-state index in [0.29, 0.717) is 17.8 Å². The zero-order valence-electron chi connectivity index (χ0n) is 16.2. The lowest BCUT2D eigenvalue weighted by molar-refractivity contribution is -0.143. The highest BCUT2D eigenvalue weighted by molar-refractivity contribution is 5.96. The van der Waals surface area contributed by atoms with Crippen LogP contribution in [-0.4, -0.2) is 25.5 Å². The van der Waals surface area contributed by atoms with Crippen LogP contribution < -0.4 is 20.7 Å². The molecule has 2 amide bonds. The maximum absolute atomic E-state index is 12.9. The Labute approximate surface area is 172 Å². The lowest BCUT2D eigenvalue weighted by Crippen LogP contribution is -2.23. The number of hydrogen-bond donors (Lipinski definition) is 3. The summed E-state index contributed by atoms with van der Waals surface area (Å²) in [6.45, 7) is 0.642. The van der Waals surface area contributed by atoms with Crippen LogP contribution in [0.3, 0.4) is 0 Å². The number of nitrogens with one attached hydrogen (secondary N) is 3. The van der Waals surface area contributed by atoms with Crippen molar-refractivity contribution in [1.82, 2.24) is 0 Å². The van der Waals surface area contributed by atoms with Gasteiger partial charge in [0.05, 0.1) is 30.5 Å². The second kappa shape index (κ2) is 9.14. The third-order valence-electron chi connectivity index (χ3n) is 3.83. The van der Waals surface area contributed by atoms with E-state index in [0.717, 1.165) is 0 Å². The molecule has 0 saturated carbocycles. The van der Waals surface area contributed by atoms with Crippen molar-refractivity contribution in [1.29, 1.82) is 0 Å². The number of hydrogen-bond acceptors (Lipinski definition) is 4. The third-order valence-corrected chi connectivity index (χ3v) is 3.83. The first-order valence-corrected chi connectivity index (χ1v) is 8.58. The average molecular weight is 449 g/mol. The molecule has 2 aromatic rings. The van der Waals surface area contributed by atoms with Crippen LogP contribution in [0.25, 0.3) is 0 Å². The van der Waals surface area contributed by atoms with Crippen LogP contribution in [0.2, 0.25) is 0 Å². The van der Waals surface area contributed by atoms with Gasteiger partial charge in [-0.2, -0.15) is 26.3 Å². The zero-order chi connectivity index (χ0) is 23.4. The lowest BCUT2D eigenvalue weighted by atomic mass is 10.1. The molecule has 0 spiro atoms. The molecule has 2 aromatic carbocycles. The molecular weight excluding hydrogens is 432 g/mol. The lowest BCUT2D eigenvalue weighted by Gasteiger charge is -2.16. The van der Waals surface area contributed by atoms with Gasteiger partial charge in [0.1, 0.15) is 5.75 Å². The van der Waals surface area contributed by atoms with Crippen LogP contribution in [0.4, 0.5) is 43.4 Å². The first kappa shape index (κ1) is 23.8. The summed E-state index contributed by atoms with van der Waals surface area (Å²) < 4.78 is 82.6. The number of anilines is 3. The molecular formula is C19H17F6N3O3. The number of carbonyl (C=O) groups excluding carboxylic acids is 2. The number of benzene rings is 2. The molecule has 0 atom stereocenters. The summed E-state index contributed by atoms with van der Waals surface area (Å²) in [6, 6.07) is 5.28. The molecule has 0 aliphatic heterocycles. The van der Waals surface area contributed by atoms with Crippen molar-refractivity contribution >= 4 is 28.9 Å². The van der Waals surface area contributed by atoms with Crippen LogP contribution >= 0.6 is 0 Å². The Morgan fingerprint density at radius 2 is 1.45 bits per heavy atom. The summed E-state index contributed by atoms with van der Waals surface area (Å²) >= 11 is 0. The van der Waals surface area contributed by atoms with Gasteiger partial charge in [0.25, 0.3) is 0 Å². The predicted molar refractivity (Wildman–Crippen MR) is 101 cm³/mol. The molecule has 0 saturated heterocycles. The van der Waals surface area contributed by atoms with Crippen LogP contribution in [0.15, 0.2) is 36.4 Å². The molecule has 12 heteroatoms. The van der Waals surface area contributed by atoms with E-state index in [1.165, 1.54) is 32.2 Å². The highest BCUT2D eigenvalue weighted by Crippen LogP contribution is 2.37. The van der Waals surface area contributed by atoms with Gasteiger partial charge in [-0.3, -0.25) is 9.59 Å². The van der Waals surface area contributed by atoms with E-state index in [4.69, 9.17) is 4.74 Å². The smallest absolute Gasteiger partial charge is 0.416 e. The Kier molecular flexibility index (Phi) is 7.03. The van der Waals surface area contributed by atoms with Crippen LogP contribution in [0, 0.1) is 0 Å². The van der Waals surface area contributed by atoms with Gasteiger partial charge in [-0.05, 0) is 36.4 Å². The summed E-state index contributed by atoms with van der Waals surface area (Å²) in [5.41, 5.74) is -3.06. The fourth-order valence-corrected chi connectivity index (χ4v) is 2.52. The molecule has 31 heavy (non-hydrogen) atoms. The Bertz CT molecular complexity index is 941. The Morgan fingerprint density at radius 1 is 0.871 bits per heavy atom. The predicted octanol–water partition coefficient (Wildman–Crippen LogP) is 4.74. The van der Waals surface area contributed by atoms with E-state index >= 15 is 0 Å². The number of amides is 2. The van der Waals surface area contributed by atoms with Crippen LogP contribution in [-0.2, 0) is 21.9 Å². The second-order valence-corrected chi connectivity index (χ2v) is 6.29. The number of carbonyl (C=O) groups is 2. The monoisotopic (exact) mass is 449 g/mol. The van der Waals surface area contributed by atoms with Crippen molar-refractivity contribution in [2.45, 2.75) is 19.3 Å². The maximum Gasteiger partial charge on any atom is 0.416 e. The van der Waals surface area contributed by atoms with E-state index in [1.54, 1.807) is 0 Å². The molecule has 0 aliphatic rings. The van der Waals surface area contributed by atoms with Gasteiger partial charge in [-0.15, -0.1) is 0 Å². The van der Waals surface area contributed by atoms with Crippen molar-refractivity contribution < 1.29 is 40.7 Å². The minimum atomic E-state index is -5.00. The maximum atomic E-state index is 12.9. The largest absolute Gasteiger partial charge is 0.495 e. The van der Waals surface area contributed by atoms with Gasteiger partial charge in [0, 0.05) is 18.3 Å². The fraction of sp³-hybridized carbons (Fsp3) is 0.263. The quantitative estimate of drug-likeness (QED) is 0.557. The van der Waals surface area contributed by atoms with Crippen molar-refractivity contribution in [3.05, 3.63) is 47.5 Å². The van der Waals surface area contributed by atoms with E-state index in [2.05, 4.69) is 16.0 Å². The molecule has 6 nitrogen and oxygen atoms in total.